The van der Waals surface area contributed by atoms with E-state index in [-0.39, 0.29) is 11.9 Å². The van der Waals surface area contributed by atoms with Gasteiger partial charge in [-0.3, -0.25) is 4.79 Å². The Morgan fingerprint density at radius 1 is 1.25 bits per heavy atom. The Morgan fingerprint density at radius 2 is 2.00 bits per heavy atom. The minimum atomic E-state index is -0.543. The topological polar surface area (TPSA) is 66.4 Å². The number of pyridine rings is 1. The molecule has 122 valence electrons. The molecule has 0 radical (unpaired) electrons. The van der Waals surface area contributed by atoms with Gasteiger partial charge in [0.15, 0.2) is 5.11 Å². The lowest BCUT2D eigenvalue weighted by molar-refractivity contribution is -0.118. The summed E-state index contributed by atoms with van der Waals surface area (Å²) in [6.45, 7) is 1.79. The second-order valence-electron chi connectivity index (χ2n) is 5.38. The van der Waals surface area contributed by atoms with Crippen LogP contribution in [-0.4, -0.2) is 21.7 Å². The Bertz CT molecular complexity index is 809. The molecule has 2 aromatic rings. The molecule has 1 aliphatic rings. The molecule has 2 heterocycles. The Balaban J connectivity index is 1.95. The lowest BCUT2D eigenvalue weighted by Gasteiger charge is -2.32. The molecule has 0 spiro atoms. The zero-order valence-corrected chi connectivity index (χ0v) is 14.4. The molecule has 0 saturated carbocycles. The van der Waals surface area contributed by atoms with E-state index < -0.39 is 5.92 Å². The number of aliphatic imine (C=N–C) groups is 1. The first-order valence-electron chi connectivity index (χ1n) is 7.38. The summed E-state index contributed by atoms with van der Waals surface area (Å²) in [5, 5.41) is 6.84. The van der Waals surface area contributed by atoms with Gasteiger partial charge < -0.3 is 10.6 Å². The zero-order valence-electron chi connectivity index (χ0n) is 12.9. The molecular weight excluding hydrogens is 344 g/mol. The number of anilines is 1. The fourth-order valence-corrected chi connectivity index (χ4v) is 3.21. The van der Waals surface area contributed by atoms with Crippen LogP contribution in [0, 0.1) is 5.92 Å². The van der Waals surface area contributed by atoms with Crippen molar-refractivity contribution < 1.29 is 4.79 Å². The van der Waals surface area contributed by atoms with Crippen molar-refractivity contribution in [2.75, 3.05) is 5.32 Å². The highest BCUT2D eigenvalue weighted by Gasteiger charge is 2.36. The molecule has 0 fully saturated rings. The van der Waals surface area contributed by atoms with Gasteiger partial charge in [0.05, 0.1) is 6.04 Å². The summed E-state index contributed by atoms with van der Waals surface area (Å²) in [5.74, 6) is -0.269. The summed E-state index contributed by atoms with van der Waals surface area (Å²) in [7, 11) is 0. The molecule has 0 bridgehead atoms. The summed E-state index contributed by atoms with van der Waals surface area (Å²) in [4.78, 5) is 21.2. The zero-order chi connectivity index (χ0) is 17.1. The minimum Gasteiger partial charge on any atom is -0.353 e. The van der Waals surface area contributed by atoms with Crippen LogP contribution < -0.4 is 10.6 Å². The Kier molecular flexibility index (Phi) is 4.87. The second-order valence-corrected chi connectivity index (χ2v) is 6.18. The van der Waals surface area contributed by atoms with Gasteiger partial charge in [-0.2, -0.15) is 0 Å². The number of rotatable bonds is 3. The second kappa shape index (κ2) is 7.07. The predicted molar refractivity (Wildman–Crippen MR) is 99.4 cm³/mol. The average molecular weight is 359 g/mol. The molecule has 2 atom stereocenters. The van der Waals surface area contributed by atoms with Crippen molar-refractivity contribution >= 4 is 46.4 Å². The van der Waals surface area contributed by atoms with E-state index in [0.717, 1.165) is 5.56 Å². The molecular formula is C17H15ClN4OS. The van der Waals surface area contributed by atoms with Gasteiger partial charge in [-0.25, -0.2) is 9.98 Å². The third-order valence-corrected chi connectivity index (χ3v) is 4.33. The molecule has 1 aromatic heterocycles. The molecule has 2 N–H and O–H groups in total. The van der Waals surface area contributed by atoms with Crippen LogP contribution in [0.1, 0.15) is 18.5 Å². The van der Waals surface area contributed by atoms with Crippen molar-refractivity contribution in [1.29, 1.82) is 0 Å². The van der Waals surface area contributed by atoms with E-state index in [1.54, 1.807) is 31.3 Å². The van der Waals surface area contributed by atoms with E-state index >= 15 is 0 Å². The number of hydrogen-bond acceptors (Lipinski definition) is 3. The molecule has 5 nitrogen and oxygen atoms in total. The fourth-order valence-electron chi connectivity index (χ4n) is 2.69. The first kappa shape index (κ1) is 16.5. The molecule has 2 unspecified atom stereocenters. The van der Waals surface area contributed by atoms with Crippen LogP contribution in [0.25, 0.3) is 0 Å². The lowest BCUT2D eigenvalue weighted by Crippen LogP contribution is -2.45. The molecule has 0 aliphatic carbocycles. The van der Waals surface area contributed by atoms with Gasteiger partial charge in [0, 0.05) is 16.9 Å². The number of amides is 1. The standard InChI is InChI=1S/C17H15ClN4OS/c1-10-14(16(23)21-13-8-4-5-9-19-13)15(22-17(24)20-10)11-6-2-3-7-12(11)18/h2-9,14-15H,1H3,(H,22,24)(H,19,21,23). The van der Waals surface area contributed by atoms with Crippen molar-refractivity contribution in [3.05, 3.63) is 59.2 Å². The summed E-state index contributed by atoms with van der Waals surface area (Å²) in [6.07, 6.45) is 1.62. The van der Waals surface area contributed by atoms with Gasteiger partial charge in [0.25, 0.3) is 0 Å². The van der Waals surface area contributed by atoms with Gasteiger partial charge in [-0.15, -0.1) is 0 Å². The van der Waals surface area contributed by atoms with Crippen LogP contribution in [0.2, 0.25) is 5.02 Å². The molecule has 24 heavy (non-hydrogen) atoms. The van der Waals surface area contributed by atoms with Crippen molar-refractivity contribution in [3.63, 3.8) is 0 Å². The number of aromatic nitrogens is 1. The number of halogens is 1. The van der Waals surface area contributed by atoms with Crippen LogP contribution in [-0.2, 0) is 4.79 Å². The van der Waals surface area contributed by atoms with Crippen LogP contribution in [0.4, 0.5) is 5.82 Å². The fraction of sp³-hybridized carbons (Fsp3) is 0.176. The lowest BCUT2D eigenvalue weighted by atomic mass is 9.87. The molecule has 7 heteroatoms. The Labute approximate surface area is 150 Å². The van der Waals surface area contributed by atoms with Gasteiger partial charge in [-0.05, 0) is 42.9 Å². The molecule has 0 saturated heterocycles. The maximum absolute atomic E-state index is 12.8. The largest absolute Gasteiger partial charge is 0.353 e. The highest BCUT2D eigenvalue weighted by molar-refractivity contribution is 7.80. The van der Waals surface area contributed by atoms with E-state index in [9.17, 15) is 4.79 Å². The smallest absolute Gasteiger partial charge is 0.236 e. The van der Waals surface area contributed by atoms with Crippen molar-refractivity contribution in [2.45, 2.75) is 13.0 Å². The Hall–Kier alpha value is -2.31. The molecule has 1 amide bonds. The van der Waals surface area contributed by atoms with Crippen LogP contribution in [0.15, 0.2) is 53.7 Å². The van der Waals surface area contributed by atoms with Gasteiger partial charge in [-0.1, -0.05) is 35.9 Å². The van der Waals surface area contributed by atoms with E-state index in [2.05, 4.69) is 20.6 Å². The van der Waals surface area contributed by atoms with Gasteiger partial charge in [0.2, 0.25) is 5.91 Å². The summed E-state index contributed by atoms with van der Waals surface area (Å²) >= 11 is 11.5. The molecule has 1 aliphatic heterocycles. The maximum Gasteiger partial charge on any atom is 0.236 e. The summed E-state index contributed by atoms with van der Waals surface area (Å²) < 4.78 is 0. The van der Waals surface area contributed by atoms with Gasteiger partial charge in [0.1, 0.15) is 11.7 Å². The third-order valence-electron chi connectivity index (χ3n) is 3.78. The van der Waals surface area contributed by atoms with E-state index in [0.29, 0.717) is 21.7 Å². The predicted octanol–water partition coefficient (Wildman–Crippen LogP) is 3.38. The van der Waals surface area contributed by atoms with Crippen molar-refractivity contribution in [1.82, 2.24) is 10.3 Å². The first-order valence-corrected chi connectivity index (χ1v) is 8.17. The van der Waals surface area contributed by atoms with Gasteiger partial charge >= 0.3 is 0 Å². The number of hydrogen-bond donors (Lipinski definition) is 2. The highest BCUT2D eigenvalue weighted by Crippen LogP contribution is 2.32. The van der Waals surface area contributed by atoms with Crippen molar-refractivity contribution in [2.24, 2.45) is 10.9 Å². The Morgan fingerprint density at radius 3 is 2.71 bits per heavy atom. The number of nitrogens with zero attached hydrogens (tertiary/aromatic N) is 2. The number of carbonyl (C=O) groups is 1. The monoisotopic (exact) mass is 358 g/mol. The number of nitrogens with one attached hydrogen (secondary N) is 2. The van der Waals surface area contributed by atoms with E-state index in [1.807, 2.05) is 24.3 Å². The van der Waals surface area contributed by atoms with E-state index in [1.165, 1.54) is 0 Å². The first-order chi connectivity index (χ1) is 11.6. The maximum atomic E-state index is 12.8. The number of thiocarbonyl (C=S) groups is 1. The van der Waals surface area contributed by atoms with E-state index in [4.69, 9.17) is 23.8 Å². The van der Waals surface area contributed by atoms with Crippen molar-refractivity contribution in [3.8, 4) is 0 Å². The third kappa shape index (κ3) is 3.44. The average Bonchev–Trinajstić information content (AvgIpc) is 2.55. The number of benzene rings is 1. The molecule has 3 rings (SSSR count). The van der Waals surface area contributed by atoms with Crippen LogP contribution in [0.3, 0.4) is 0 Å². The molecule has 1 aromatic carbocycles. The minimum absolute atomic E-state index is 0.213. The normalized spacial score (nSPS) is 20.1. The summed E-state index contributed by atoms with van der Waals surface area (Å²) in [5.41, 5.74) is 1.44. The highest BCUT2D eigenvalue weighted by atomic mass is 35.5. The summed E-state index contributed by atoms with van der Waals surface area (Å²) in [6, 6.07) is 12.3. The number of carbonyl (C=O) groups excluding carboxylic acids is 1. The SMILES string of the molecule is CC1=NC(=S)NC(c2ccccc2Cl)C1C(=O)Nc1ccccn1. The quantitative estimate of drug-likeness (QED) is 0.825. The van der Waals surface area contributed by atoms with Crippen LogP contribution >= 0.6 is 23.8 Å². The van der Waals surface area contributed by atoms with Crippen LogP contribution in [0.5, 0.6) is 0 Å².